The molecule has 1 aromatic carbocycles. The number of fused-ring (bicyclic) bond motifs is 2. The molecular weight excluding hydrogens is 597 g/mol. The van der Waals surface area contributed by atoms with E-state index >= 15 is 0 Å². The van der Waals surface area contributed by atoms with E-state index in [1.807, 2.05) is 0 Å². The van der Waals surface area contributed by atoms with E-state index in [1.54, 1.807) is 0 Å². The van der Waals surface area contributed by atoms with E-state index in [-0.39, 0.29) is 76.1 Å². The summed E-state index contributed by atoms with van der Waals surface area (Å²) in [7, 11) is 3.95. The Bertz CT molecular complexity index is 1320. The normalized spacial score (nSPS) is 21.1. The van der Waals surface area contributed by atoms with Gasteiger partial charge in [0.05, 0.1) is 38.1 Å². The van der Waals surface area contributed by atoms with Gasteiger partial charge in [-0.2, -0.15) is 0 Å². The lowest BCUT2D eigenvalue weighted by Crippen LogP contribution is -2.49. The second-order valence-corrected chi connectivity index (χ2v) is 10.9. The van der Waals surface area contributed by atoms with Crippen LogP contribution >= 0.6 is 0 Å². The van der Waals surface area contributed by atoms with Crippen LogP contribution < -0.4 is 15.4 Å². The van der Waals surface area contributed by atoms with Gasteiger partial charge in [0.1, 0.15) is 24.2 Å². The maximum Gasteiger partial charge on any atom is 0.307 e. The third-order valence-electron chi connectivity index (χ3n) is 7.65. The van der Waals surface area contributed by atoms with Gasteiger partial charge in [0.15, 0.2) is 0 Å². The summed E-state index contributed by atoms with van der Waals surface area (Å²) in [4.78, 5) is 91.5. The molecule has 0 aliphatic carbocycles. The highest BCUT2D eigenvalue weighted by atomic mass is 19.1. The third-order valence-corrected chi connectivity index (χ3v) is 7.65. The standard InChI is InChI=1S/C29H38FN5O10/c1-33-15-25(38)35-14-18(32-23(36)7-9-26(39)40)13-19(35)16-45-22-6-4-17(30)12-20(22)29(43)34(2)21(5-8-24(33)37)28(42)31-11-10-27(41)44-3/h4,6,12,18-19,21H,5,7-11,13-16H2,1-3H3,(H,31,42)(H,32,36)(H,39,40)/t18-,19-,21-/m0/s1. The maximum absolute atomic E-state index is 14.4. The van der Waals surface area contributed by atoms with Crippen LogP contribution in [0.5, 0.6) is 5.75 Å². The number of amides is 5. The molecular formula is C29H38FN5O10. The molecule has 3 N–H and O–H groups in total. The van der Waals surface area contributed by atoms with Crippen molar-refractivity contribution in [1.29, 1.82) is 0 Å². The number of ether oxygens (including phenoxy) is 2. The first-order valence-corrected chi connectivity index (χ1v) is 14.4. The molecule has 2 aliphatic heterocycles. The van der Waals surface area contributed by atoms with E-state index < -0.39 is 65.4 Å². The summed E-state index contributed by atoms with van der Waals surface area (Å²) in [6.07, 6.45) is -0.854. The molecule has 0 spiro atoms. The maximum atomic E-state index is 14.4. The third kappa shape index (κ3) is 9.61. The molecule has 246 valence electrons. The summed E-state index contributed by atoms with van der Waals surface area (Å²) in [5.74, 6) is -5.28. The summed E-state index contributed by atoms with van der Waals surface area (Å²) in [5.41, 5.74) is -0.197. The second kappa shape index (κ2) is 15.8. The number of likely N-dealkylation sites (N-methyl/N-ethyl adjacent to an activating group) is 2. The Morgan fingerprint density at radius 1 is 1.09 bits per heavy atom. The van der Waals surface area contributed by atoms with Crippen LogP contribution in [0.15, 0.2) is 18.2 Å². The molecule has 0 saturated carbocycles. The summed E-state index contributed by atoms with van der Waals surface area (Å²) >= 11 is 0. The van der Waals surface area contributed by atoms with Crippen molar-refractivity contribution in [3.63, 3.8) is 0 Å². The number of nitrogens with zero attached hydrogens (tertiary/aromatic N) is 3. The van der Waals surface area contributed by atoms with Crippen molar-refractivity contribution in [2.75, 3.05) is 47.4 Å². The molecule has 1 aromatic rings. The molecule has 3 rings (SSSR count). The zero-order valence-corrected chi connectivity index (χ0v) is 25.4. The molecule has 2 aliphatic rings. The van der Waals surface area contributed by atoms with Gasteiger partial charge in [-0.15, -0.1) is 0 Å². The number of nitrogens with one attached hydrogen (secondary N) is 2. The van der Waals surface area contributed by atoms with Crippen LogP contribution in [-0.2, 0) is 33.5 Å². The Morgan fingerprint density at radius 3 is 2.51 bits per heavy atom. The zero-order chi connectivity index (χ0) is 33.3. The molecule has 16 heteroatoms. The highest BCUT2D eigenvalue weighted by Crippen LogP contribution is 2.26. The summed E-state index contributed by atoms with van der Waals surface area (Å²) in [6.45, 7) is -0.488. The predicted molar refractivity (Wildman–Crippen MR) is 153 cm³/mol. The minimum atomic E-state index is -1.20. The van der Waals surface area contributed by atoms with Crippen LogP contribution in [0, 0.1) is 5.82 Å². The molecule has 0 aromatic heterocycles. The van der Waals surface area contributed by atoms with Crippen LogP contribution in [0.25, 0.3) is 0 Å². The number of esters is 1. The molecule has 1 saturated heterocycles. The number of carboxylic acids is 1. The number of hydrogen-bond acceptors (Lipinski definition) is 9. The molecule has 45 heavy (non-hydrogen) atoms. The van der Waals surface area contributed by atoms with E-state index in [2.05, 4.69) is 15.4 Å². The smallest absolute Gasteiger partial charge is 0.307 e. The molecule has 3 atom stereocenters. The van der Waals surface area contributed by atoms with Crippen LogP contribution in [0.3, 0.4) is 0 Å². The number of aliphatic carboxylic acids is 1. The molecule has 15 nitrogen and oxygen atoms in total. The fourth-order valence-corrected chi connectivity index (χ4v) is 5.16. The van der Waals surface area contributed by atoms with E-state index in [4.69, 9.17) is 9.84 Å². The first-order valence-electron chi connectivity index (χ1n) is 14.4. The predicted octanol–water partition coefficient (Wildman–Crippen LogP) is -0.473. The lowest BCUT2D eigenvalue weighted by molar-refractivity contribution is -0.141. The van der Waals surface area contributed by atoms with E-state index in [0.717, 1.165) is 17.0 Å². The van der Waals surface area contributed by atoms with Crippen molar-refractivity contribution in [1.82, 2.24) is 25.3 Å². The number of benzene rings is 1. The van der Waals surface area contributed by atoms with Crippen molar-refractivity contribution in [2.24, 2.45) is 0 Å². The number of carbonyl (C=O) groups is 7. The van der Waals surface area contributed by atoms with Crippen molar-refractivity contribution in [2.45, 2.75) is 56.7 Å². The lowest BCUT2D eigenvalue weighted by atomic mass is 10.1. The van der Waals surface area contributed by atoms with Gasteiger partial charge in [-0.3, -0.25) is 33.6 Å². The molecule has 1 fully saturated rings. The summed E-state index contributed by atoms with van der Waals surface area (Å²) in [6, 6.07) is 0.966. The van der Waals surface area contributed by atoms with E-state index in [0.29, 0.717) is 0 Å². The number of carboxylic acid groups (broad SMARTS) is 1. The fraction of sp³-hybridized carbons (Fsp3) is 0.552. The number of halogens is 1. The van der Waals surface area contributed by atoms with Gasteiger partial charge in [0.2, 0.25) is 23.6 Å². The van der Waals surface area contributed by atoms with Crippen molar-refractivity contribution in [3.8, 4) is 5.75 Å². The Balaban J connectivity index is 1.89. The quantitative estimate of drug-likeness (QED) is 0.315. The zero-order valence-electron chi connectivity index (χ0n) is 25.4. The molecule has 5 amide bonds. The Labute approximate surface area is 259 Å². The van der Waals surface area contributed by atoms with E-state index in [9.17, 15) is 38.0 Å². The first-order chi connectivity index (χ1) is 21.3. The number of hydrogen-bond donors (Lipinski definition) is 3. The van der Waals surface area contributed by atoms with Gasteiger partial charge in [0.25, 0.3) is 5.91 Å². The monoisotopic (exact) mass is 635 g/mol. The van der Waals surface area contributed by atoms with Crippen LogP contribution in [0.2, 0.25) is 0 Å². The molecule has 0 radical (unpaired) electrons. The van der Waals surface area contributed by atoms with Gasteiger partial charge in [0, 0.05) is 46.1 Å². The lowest BCUT2D eigenvalue weighted by Gasteiger charge is -2.28. The van der Waals surface area contributed by atoms with Gasteiger partial charge >= 0.3 is 11.9 Å². The Kier molecular flexibility index (Phi) is 12.2. The van der Waals surface area contributed by atoms with Crippen LogP contribution in [-0.4, -0.2) is 127 Å². The van der Waals surface area contributed by atoms with E-state index in [1.165, 1.54) is 37.1 Å². The minimum absolute atomic E-state index is 0.0116. The van der Waals surface area contributed by atoms with Crippen LogP contribution in [0.4, 0.5) is 4.39 Å². The summed E-state index contributed by atoms with van der Waals surface area (Å²) in [5, 5.41) is 14.1. The first kappa shape index (κ1) is 34.7. The van der Waals surface area contributed by atoms with Crippen molar-refractivity contribution >= 4 is 41.5 Å². The topological polar surface area (TPSA) is 192 Å². The van der Waals surface area contributed by atoms with Crippen molar-refractivity contribution < 1.29 is 52.5 Å². The minimum Gasteiger partial charge on any atom is -0.491 e. The number of methoxy groups -OCH3 is 1. The van der Waals surface area contributed by atoms with Gasteiger partial charge < -0.3 is 39.9 Å². The number of carbonyl (C=O) groups excluding carboxylic acids is 6. The van der Waals surface area contributed by atoms with Gasteiger partial charge in [-0.1, -0.05) is 0 Å². The van der Waals surface area contributed by atoms with Gasteiger partial charge in [-0.05, 0) is 31.0 Å². The Hall–Kier alpha value is -4.76. The molecule has 0 unspecified atom stereocenters. The molecule has 0 bridgehead atoms. The SMILES string of the molecule is COC(=O)CCNC(=O)[C@@H]1CCC(=O)N(C)CC(=O)N2C[C@@H](NC(=O)CCC(=O)O)C[C@H]2COc2ccc(F)cc2C(=O)N1C. The molecule has 2 heterocycles. The fourth-order valence-electron chi connectivity index (χ4n) is 5.16. The average molecular weight is 636 g/mol. The van der Waals surface area contributed by atoms with Crippen molar-refractivity contribution in [3.05, 3.63) is 29.6 Å². The number of rotatable bonds is 8. The highest BCUT2D eigenvalue weighted by Gasteiger charge is 2.38. The highest BCUT2D eigenvalue weighted by molar-refractivity contribution is 5.99. The average Bonchev–Trinajstić information content (AvgIpc) is 3.40. The Morgan fingerprint density at radius 2 is 1.82 bits per heavy atom. The summed E-state index contributed by atoms with van der Waals surface area (Å²) < 4.78 is 24.9. The van der Waals surface area contributed by atoms with Gasteiger partial charge in [-0.25, -0.2) is 4.39 Å². The van der Waals surface area contributed by atoms with Crippen LogP contribution in [0.1, 0.15) is 48.9 Å². The largest absolute Gasteiger partial charge is 0.491 e. The second-order valence-electron chi connectivity index (χ2n) is 10.9.